The van der Waals surface area contributed by atoms with Gasteiger partial charge in [-0.25, -0.2) is 8.91 Å². The van der Waals surface area contributed by atoms with E-state index in [9.17, 15) is 9.18 Å². The van der Waals surface area contributed by atoms with Gasteiger partial charge >= 0.3 is 0 Å². The largest absolute Gasteiger partial charge is 0.285 e. The molecule has 5 aromatic rings. The van der Waals surface area contributed by atoms with E-state index >= 15 is 0 Å². The number of hydrogen-bond acceptors (Lipinski definition) is 4. The van der Waals surface area contributed by atoms with Crippen LogP contribution in [0.1, 0.15) is 5.69 Å². The fourth-order valence-corrected chi connectivity index (χ4v) is 3.57. The third kappa shape index (κ3) is 2.70. The molecule has 8 heteroatoms. The first-order chi connectivity index (χ1) is 14.0. The Hall–Kier alpha value is -3.58. The van der Waals surface area contributed by atoms with Gasteiger partial charge in [0.15, 0.2) is 11.2 Å². The Kier molecular flexibility index (Phi) is 3.92. The highest BCUT2D eigenvalue weighted by Crippen LogP contribution is 2.29. The SMILES string of the molecule is Cc1nn2c(nnc3c(=O)n(-c4ccccc4F)ccc32)c1-c1ccc(Cl)cc1. The number of fused-ring (bicyclic) bond motifs is 3. The summed E-state index contributed by atoms with van der Waals surface area (Å²) in [6.45, 7) is 1.87. The summed E-state index contributed by atoms with van der Waals surface area (Å²) in [7, 11) is 0. The van der Waals surface area contributed by atoms with E-state index in [1.807, 2.05) is 19.1 Å². The molecule has 0 unspecified atom stereocenters. The second-order valence-corrected chi connectivity index (χ2v) is 7.02. The Labute approximate surface area is 168 Å². The Bertz CT molecular complexity index is 1460. The molecule has 0 aliphatic carbocycles. The molecule has 0 saturated carbocycles. The van der Waals surface area contributed by atoms with Gasteiger partial charge in [0.2, 0.25) is 0 Å². The van der Waals surface area contributed by atoms with Gasteiger partial charge in [-0.15, -0.1) is 10.2 Å². The van der Waals surface area contributed by atoms with Crippen LogP contribution in [0, 0.1) is 12.7 Å². The van der Waals surface area contributed by atoms with Gasteiger partial charge in [-0.3, -0.25) is 9.36 Å². The maximum absolute atomic E-state index is 14.2. The molecular formula is C21H13ClFN5O. The van der Waals surface area contributed by atoms with E-state index in [1.54, 1.807) is 34.8 Å². The highest BCUT2D eigenvalue weighted by Gasteiger charge is 2.18. The van der Waals surface area contributed by atoms with Crippen molar-refractivity contribution in [3.63, 3.8) is 0 Å². The molecule has 0 amide bonds. The maximum atomic E-state index is 14.2. The van der Waals surface area contributed by atoms with Crippen molar-refractivity contribution < 1.29 is 4.39 Å². The lowest BCUT2D eigenvalue weighted by Crippen LogP contribution is -2.21. The van der Waals surface area contributed by atoms with Crippen LogP contribution >= 0.6 is 11.6 Å². The number of nitrogens with zero attached hydrogens (tertiary/aromatic N) is 5. The van der Waals surface area contributed by atoms with E-state index in [0.29, 0.717) is 16.2 Å². The predicted molar refractivity (Wildman–Crippen MR) is 109 cm³/mol. The summed E-state index contributed by atoms with van der Waals surface area (Å²) in [5.74, 6) is -0.497. The molecule has 0 bridgehead atoms. The van der Waals surface area contributed by atoms with Crippen LogP contribution in [0.3, 0.4) is 0 Å². The highest BCUT2D eigenvalue weighted by atomic mass is 35.5. The third-order valence-electron chi connectivity index (χ3n) is 4.80. The Morgan fingerprint density at radius 1 is 1.00 bits per heavy atom. The molecule has 3 aromatic heterocycles. The normalized spacial score (nSPS) is 11.4. The topological polar surface area (TPSA) is 65.1 Å². The Morgan fingerprint density at radius 3 is 2.52 bits per heavy atom. The van der Waals surface area contributed by atoms with Crippen molar-refractivity contribution in [1.82, 2.24) is 24.4 Å². The number of rotatable bonds is 2. The van der Waals surface area contributed by atoms with Crippen LogP contribution in [0.25, 0.3) is 33.5 Å². The smallest absolute Gasteiger partial charge is 0.279 e. The number of pyridine rings is 1. The zero-order valence-corrected chi connectivity index (χ0v) is 15.9. The first-order valence-corrected chi connectivity index (χ1v) is 9.20. The lowest BCUT2D eigenvalue weighted by Gasteiger charge is -2.08. The number of aromatic nitrogens is 5. The van der Waals surface area contributed by atoms with Crippen molar-refractivity contribution >= 4 is 28.3 Å². The summed E-state index contributed by atoms with van der Waals surface area (Å²) in [5, 5.41) is 13.6. The lowest BCUT2D eigenvalue weighted by molar-refractivity contribution is 0.616. The molecule has 0 saturated heterocycles. The molecule has 142 valence electrons. The molecule has 0 atom stereocenters. The Balaban J connectivity index is 1.78. The molecule has 5 rings (SSSR count). The lowest BCUT2D eigenvalue weighted by atomic mass is 10.1. The number of halogens is 2. The van der Waals surface area contributed by atoms with Gasteiger partial charge in [0.25, 0.3) is 5.56 Å². The zero-order chi connectivity index (χ0) is 20.1. The Morgan fingerprint density at radius 2 is 1.76 bits per heavy atom. The first-order valence-electron chi connectivity index (χ1n) is 8.83. The summed E-state index contributed by atoms with van der Waals surface area (Å²) in [6.07, 6.45) is 1.52. The summed E-state index contributed by atoms with van der Waals surface area (Å²) in [4.78, 5) is 13.0. The van der Waals surface area contributed by atoms with Crippen molar-refractivity contribution in [3.05, 3.63) is 87.7 Å². The minimum absolute atomic E-state index is 0.105. The van der Waals surface area contributed by atoms with Gasteiger partial charge in [-0.05, 0) is 42.8 Å². The van der Waals surface area contributed by atoms with Crippen LogP contribution in [0.5, 0.6) is 0 Å². The summed E-state index contributed by atoms with van der Waals surface area (Å²) in [5.41, 5.74) is 3.27. The maximum Gasteiger partial charge on any atom is 0.285 e. The average Bonchev–Trinajstić information content (AvgIpc) is 3.06. The quantitative estimate of drug-likeness (QED) is 0.441. The van der Waals surface area contributed by atoms with Gasteiger partial charge in [0.1, 0.15) is 11.3 Å². The van der Waals surface area contributed by atoms with Crippen molar-refractivity contribution in [1.29, 1.82) is 0 Å². The van der Waals surface area contributed by atoms with E-state index in [0.717, 1.165) is 16.8 Å². The number of aryl methyl sites for hydroxylation is 1. The second kappa shape index (κ2) is 6.49. The standard InChI is InChI=1S/C21H13ClFN5O/c1-12-18(13-6-8-14(22)9-7-13)20-25-24-19-17(28(20)26-12)10-11-27(21(19)29)16-5-3-2-4-15(16)23/h2-11H,1H3. The van der Waals surface area contributed by atoms with Crippen molar-refractivity contribution in [2.24, 2.45) is 0 Å². The summed E-state index contributed by atoms with van der Waals surface area (Å²) < 4.78 is 17.0. The van der Waals surface area contributed by atoms with Crippen molar-refractivity contribution in [2.75, 3.05) is 0 Å². The molecule has 3 heterocycles. The fraction of sp³-hybridized carbons (Fsp3) is 0.0476. The molecule has 0 aliphatic heterocycles. The summed E-state index contributed by atoms with van der Waals surface area (Å²) in [6, 6.07) is 15.1. The molecule has 6 nitrogen and oxygen atoms in total. The molecule has 0 spiro atoms. The minimum atomic E-state index is -0.497. The van der Waals surface area contributed by atoms with Crippen molar-refractivity contribution in [3.8, 4) is 16.8 Å². The van der Waals surface area contributed by atoms with Gasteiger partial charge in [-0.2, -0.15) is 5.10 Å². The van der Waals surface area contributed by atoms with Crippen LogP contribution in [-0.2, 0) is 0 Å². The minimum Gasteiger partial charge on any atom is -0.279 e. The summed E-state index contributed by atoms with van der Waals surface area (Å²) >= 11 is 5.99. The number of benzene rings is 2. The average molecular weight is 406 g/mol. The molecule has 2 aromatic carbocycles. The fourth-order valence-electron chi connectivity index (χ4n) is 3.44. The van der Waals surface area contributed by atoms with Crippen LogP contribution in [-0.4, -0.2) is 24.4 Å². The second-order valence-electron chi connectivity index (χ2n) is 6.58. The molecule has 0 aliphatic rings. The molecule has 29 heavy (non-hydrogen) atoms. The molecular weight excluding hydrogens is 393 g/mol. The van der Waals surface area contributed by atoms with Crippen LogP contribution < -0.4 is 5.56 Å². The van der Waals surface area contributed by atoms with Gasteiger partial charge in [0.05, 0.1) is 16.9 Å². The van der Waals surface area contributed by atoms with Crippen LogP contribution in [0.4, 0.5) is 4.39 Å². The molecule has 0 radical (unpaired) electrons. The van der Waals surface area contributed by atoms with Crippen LogP contribution in [0.15, 0.2) is 65.6 Å². The van der Waals surface area contributed by atoms with E-state index < -0.39 is 11.4 Å². The van der Waals surface area contributed by atoms with Crippen molar-refractivity contribution in [2.45, 2.75) is 6.92 Å². The van der Waals surface area contributed by atoms with Gasteiger partial charge in [0, 0.05) is 11.2 Å². The number of para-hydroxylation sites is 1. The number of hydrogen-bond donors (Lipinski definition) is 0. The van der Waals surface area contributed by atoms with E-state index in [2.05, 4.69) is 15.3 Å². The monoisotopic (exact) mass is 405 g/mol. The zero-order valence-electron chi connectivity index (χ0n) is 15.2. The predicted octanol–water partition coefficient (Wildman–Crippen LogP) is 4.20. The van der Waals surface area contributed by atoms with Crippen LogP contribution in [0.2, 0.25) is 5.02 Å². The van der Waals surface area contributed by atoms with Gasteiger partial charge in [-0.1, -0.05) is 35.9 Å². The first kappa shape index (κ1) is 17.5. The van der Waals surface area contributed by atoms with Gasteiger partial charge < -0.3 is 0 Å². The highest BCUT2D eigenvalue weighted by molar-refractivity contribution is 6.30. The van der Waals surface area contributed by atoms with E-state index in [1.165, 1.54) is 22.9 Å². The molecule has 0 fully saturated rings. The van der Waals surface area contributed by atoms with E-state index in [4.69, 9.17) is 11.6 Å². The molecule has 0 N–H and O–H groups in total. The van der Waals surface area contributed by atoms with E-state index in [-0.39, 0.29) is 11.2 Å². The third-order valence-corrected chi connectivity index (χ3v) is 5.05.